The molecule has 1 N–H and O–H groups in total. The number of rotatable bonds is 8. The molecule has 1 amide bonds. The van der Waals surface area contributed by atoms with Crippen LogP contribution in [0, 0.1) is 11.3 Å². The van der Waals surface area contributed by atoms with Gasteiger partial charge in [0.25, 0.3) is 0 Å². The maximum atomic E-state index is 11.6. The maximum absolute atomic E-state index is 11.6. The van der Waals surface area contributed by atoms with Gasteiger partial charge >= 0.3 is 0 Å². The summed E-state index contributed by atoms with van der Waals surface area (Å²) in [5.41, 5.74) is 1.14. The zero-order chi connectivity index (χ0) is 14.8. The number of benzene rings is 1. The van der Waals surface area contributed by atoms with Gasteiger partial charge < -0.3 is 14.8 Å². The number of nitrogens with zero attached hydrogens (tertiary/aromatic N) is 1. The summed E-state index contributed by atoms with van der Waals surface area (Å²) in [5, 5.41) is 11.5. The third-order valence-corrected chi connectivity index (χ3v) is 2.43. The van der Waals surface area contributed by atoms with Gasteiger partial charge in [-0.2, -0.15) is 5.26 Å². The van der Waals surface area contributed by atoms with Crippen molar-refractivity contribution in [3.8, 4) is 6.07 Å². The van der Waals surface area contributed by atoms with Crippen LogP contribution in [0.3, 0.4) is 0 Å². The van der Waals surface area contributed by atoms with Crippen LogP contribution in [0.25, 0.3) is 0 Å². The van der Waals surface area contributed by atoms with Gasteiger partial charge in [0.05, 0.1) is 44.0 Å². The summed E-state index contributed by atoms with van der Waals surface area (Å²) in [4.78, 5) is 11.6. The molecule has 0 atom stereocenters. The largest absolute Gasteiger partial charge is 0.379 e. The van der Waals surface area contributed by atoms with E-state index in [-0.39, 0.29) is 18.4 Å². The van der Waals surface area contributed by atoms with Crippen LogP contribution in [0.5, 0.6) is 0 Å². The van der Waals surface area contributed by atoms with E-state index in [2.05, 4.69) is 5.32 Å². The number of carbonyl (C=O) groups is 1. The Labute approximate surface area is 119 Å². The zero-order valence-corrected chi connectivity index (χ0v) is 11.9. The van der Waals surface area contributed by atoms with Crippen LogP contribution in [0.1, 0.15) is 25.8 Å². The van der Waals surface area contributed by atoms with Gasteiger partial charge in [-0.25, -0.2) is 0 Å². The second-order valence-corrected chi connectivity index (χ2v) is 4.52. The average Bonchev–Trinajstić information content (AvgIpc) is 2.42. The molecule has 0 spiro atoms. The van der Waals surface area contributed by atoms with Crippen molar-refractivity contribution >= 4 is 11.6 Å². The lowest BCUT2D eigenvalue weighted by atomic mass is 10.2. The van der Waals surface area contributed by atoms with E-state index < -0.39 is 0 Å². The molecular formula is C15H20N2O3. The van der Waals surface area contributed by atoms with Crippen molar-refractivity contribution in [2.45, 2.75) is 26.4 Å². The third-order valence-electron chi connectivity index (χ3n) is 2.43. The molecule has 0 bridgehead atoms. The first-order valence-corrected chi connectivity index (χ1v) is 6.61. The number of carbonyl (C=O) groups excluding carboxylic acids is 1. The molecule has 1 rings (SSSR count). The summed E-state index contributed by atoms with van der Waals surface area (Å²) in [6.07, 6.45) is 0.465. The molecule has 0 saturated carbocycles. The van der Waals surface area contributed by atoms with E-state index in [1.807, 2.05) is 19.9 Å². The standard InChI is InChI=1S/C15H20N2O3/c1-12(2)20-9-8-19-7-6-15(18)17-14-5-3-4-13(10-14)11-16/h3-5,10,12H,6-9H2,1-2H3,(H,17,18). The van der Waals surface area contributed by atoms with Crippen molar-refractivity contribution in [2.75, 3.05) is 25.1 Å². The van der Waals surface area contributed by atoms with Crippen LogP contribution >= 0.6 is 0 Å². The molecule has 0 aliphatic heterocycles. The summed E-state index contributed by atoms with van der Waals surface area (Å²) in [6, 6.07) is 8.82. The summed E-state index contributed by atoms with van der Waals surface area (Å²) in [5.74, 6) is -0.134. The summed E-state index contributed by atoms with van der Waals surface area (Å²) >= 11 is 0. The van der Waals surface area contributed by atoms with Gasteiger partial charge in [-0.3, -0.25) is 4.79 Å². The second-order valence-electron chi connectivity index (χ2n) is 4.52. The first-order chi connectivity index (χ1) is 9.61. The number of hydrogen-bond donors (Lipinski definition) is 1. The summed E-state index contributed by atoms with van der Waals surface area (Å²) in [6.45, 7) is 5.29. The second kappa shape index (κ2) is 9.08. The highest BCUT2D eigenvalue weighted by molar-refractivity contribution is 5.90. The molecule has 1 aromatic rings. The van der Waals surface area contributed by atoms with Crippen molar-refractivity contribution in [1.29, 1.82) is 5.26 Å². The summed E-state index contributed by atoms with van der Waals surface area (Å²) in [7, 11) is 0. The predicted octanol–water partition coefficient (Wildman–Crippen LogP) is 2.33. The zero-order valence-electron chi connectivity index (χ0n) is 11.9. The first-order valence-electron chi connectivity index (χ1n) is 6.61. The average molecular weight is 276 g/mol. The lowest BCUT2D eigenvalue weighted by Gasteiger charge is -2.08. The molecule has 0 heterocycles. The Kier molecular flexibility index (Phi) is 7.33. The highest BCUT2D eigenvalue weighted by Gasteiger charge is 2.03. The van der Waals surface area contributed by atoms with Crippen LogP contribution < -0.4 is 5.32 Å². The molecule has 5 heteroatoms. The Morgan fingerprint density at radius 3 is 2.85 bits per heavy atom. The van der Waals surface area contributed by atoms with Gasteiger partial charge in [0, 0.05) is 5.69 Å². The van der Waals surface area contributed by atoms with Crippen LogP contribution in [-0.4, -0.2) is 31.8 Å². The molecule has 108 valence electrons. The molecule has 20 heavy (non-hydrogen) atoms. The molecule has 0 saturated heterocycles. The van der Waals surface area contributed by atoms with Crippen molar-refractivity contribution in [3.05, 3.63) is 29.8 Å². The highest BCUT2D eigenvalue weighted by atomic mass is 16.5. The SMILES string of the molecule is CC(C)OCCOCCC(=O)Nc1cccc(C#N)c1. The molecule has 0 radical (unpaired) electrons. The van der Waals surface area contributed by atoms with E-state index in [0.29, 0.717) is 31.1 Å². The minimum absolute atomic E-state index is 0.134. The molecule has 0 aliphatic rings. The number of amides is 1. The molecule has 0 aromatic heterocycles. The topological polar surface area (TPSA) is 71.3 Å². The molecule has 0 unspecified atom stereocenters. The third kappa shape index (κ3) is 6.88. The van der Waals surface area contributed by atoms with Crippen molar-refractivity contribution in [3.63, 3.8) is 0 Å². The number of hydrogen-bond acceptors (Lipinski definition) is 4. The van der Waals surface area contributed by atoms with Gasteiger partial charge in [-0.15, -0.1) is 0 Å². The van der Waals surface area contributed by atoms with Crippen molar-refractivity contribution in [1.82, 2.24) is 0 Å². The fourth-order valence-corrected chi connectivity index (χ4v) is 1.50. The molecule has 1 aromatic carbocycles. The molecule has 5 nitrogen and oxygen atoms in total. The molecule has 0 aliphatic carbocycles. The van der Waals surface area contributed by atoms with Gasteiger partial charge in [-0.1, -0.05) is 6.07 Å². The number of nitrogens with one attached hydrogen (secondary N) is 1. The van der Waals surface area contributed by atoms with Crippen LogP contribution in [-0.2, 0) is 14.3 Å². The van der Waals surface area contributed by atoms with E-state index in [1.54, 1.807) is 24.3 Å². The Morgan fingerprint density at radius 2 is 2.15 bits per heavy atom. The van der Waals surface area contributed by atoms with E-state index in [1.165, 1.54) is 0 Å². The minimum Gasteiger partial charge on any atom is -0.379 e. The van der Waals surface area contributed by atoms with Crippen LogP contribution in [0.15, 0.2) is 24.3 Å². The van der Waals surface area contributed by atoms with E-state index in [4.69, 9.17) is 14.7 Å². The Hall–Kier alpha value is -1.90. The fraction of sp³-hybridized carbons (Fsp3) is 0.467. The summed E-state index contributed by atoms with van der Waals surface area (Å²) < 4.78 is 10.6. The van der Waals surface area contributed by atoms with E-state index in [9.17, 15) is 4.79 Å². The van der Waals surface area contributed by atoms with E-state index in [0.717, 1.165) is 0 Å². The minimum atomic E-state index is -0.134. The normalized spacial score (nSPS) is 10.3. The maximum Gasteiger partial charge on any atom is 0.226 e. The Bertz CT molecular complexity index is 466. The Balaban J connectivity index is 2.19. The number of ether oxygens (including phenoxy) is 2. The van der Waals surface area contributed by atoms with Crippen LogP contribution in [0.2, 0.25) is 0 Å². The van der Waals surface area contributed by atoms with Gasteiger partial charge in [0.15, 0.2) is 0 Å². The molecular weight excluding hydrogens is 256 g/mol. The fourth-order valence-electron chi connectivity index (χ4n) is 1.50. The van der Waals surface area contributed by atoms with Crippen LogP contribution in [0.4, 0.5) is 5.69 Å². The monoisotopic (exact) mass is 276 g/mol. The Morgan fingerprint density at radius 1 is 1.35 bits per heavy atom. The lowest BCUT2D eigenvalue weighted by molar-refractivity contribution is -0.117. The van der Waals surface area contributed by atoms with Gasteiger partial charge in [0.1, 0.15) is 0 Å². The van der Waals surface area contributed by atoms with E-state index >= 15 is 0 Å². The smallest absolute Gasteiger partial charge is 0.226 e. The number of nitriles is 1. The lowest BCUT2D eigenvalue weighted by Crippen LogP contribution is -2.16. The number of anilines is 1. The first kappa shape index (κ1) is 16.2. The van der Waals surface area contributed by atoms with Gasteiger partial charge in [-0.05, 0) is 32.0 Å². The molecule has 0 fully saturated rings. The van der Waals surface area contributed by atoms with Crippen molar-refractivity contribution in [2.24, 2.45) is 0 Å². The van der Waals surface area contributed by atoms with Crippen molar-refractivity contribution < 1.29 is 14.3 Å². The predicted molar refractivity (Wildman–Crippen MR) is 76.3 cm³/mol. The van der Waals surface area contributed by atoms with Gasteiger partial charge in [0.2, 0.25) is 5.91 Å². The quantitative estimate of drug-likeness (QED) is 0.740. The highest BCUT2D eigenvalue weighted by Crippen LogP contribution is 2.09.